The van der Waals surface area contributed by atoms with Gasteiger partial charge >= 0.3 is 0 Å². The molecule has 1 fully saturated rings. The van der Waals surface area contributed by atoms with E-state index in [-0.39, 0.29) is 0 Å². The standard InChI is InChI=1S/C11H13IN2O2/c12-11-5-10(8(7-15)6-13-11)14-9-1-3-16-4-2-9/h5-7,9H,1-4H2,(H,13,14). The number of carbonyl (C=O) groups is 1. The molecule has 86 valence electrons. The first-order valence-electron chi connectivity index (χ1n) is 5.24. The fourth-order valence-electron chi connectivity index (χ4n) is 1.72. The highest BCUT2D eigenvalue weighted by Crippen LogP contribution is 2.19. The summed E-state index contributed by atoms with van der Waals surface area (Å²) in [7, 11) is 0. The van der Waals surface area contributed by atoms with E-state index in [2.05, 4.69) is 32.9 Å². The molecule has 1 aliphatic heterocycles. The van der Waals surface area contributed by atoms with Crippen molar-refractivity contribution < 1.29 is 9.53 Å². The van der Waals surface area contributed by atoms with E-state index in [0.717, 1.165) is 41.7 Å². The summed E-state index contributed by atoms with van der Waals surface area (Å²) in [6, 6.07) is 2.30. The molecule has 1 saturated heterocycles. The molecule has 2 rings (SSSR count). The number of halogens is 1. The van der Waals surface area contributed by atoms with Crippen molar-refractivity contribution in [3.05, 3.63) is 21.5 Å². The Balaban J connectivity index is 2.12. The van der Waals surface area contributed by atoms with Crippen LogP contribution in [0, 0.1) is 3.70 Å². The number of rotatable bonds is 3. The Bertz CT molecular complexity index is 378. The van der Waals surface area contributed by atoms with E-state index >= 15 is 0 Å². The Morgan fingerprint density at radius 3 is 2.94 bits per heavy atom. The monoisotopic (exact) mass is 332 g/mol. The maximum Gasteiger partial charge on any atom is 0.153 e. The lowest BCUT2D eigenvalue weighted by molar-refractivity contribution is 0.0904. The van der Waals surface area contributed by atoms with Crippen molar-refractivity contribution in [2.24, 2.45) is 0 Å². The lowest BCUT2D eigenvalue weighted by Crippen LogP contribution is -2.28. The smallest absolute Gasteiger partial charge is 0.153 e. The van der Waals surface area contributed by atoms with Crippen LogP contribution in [0.15, 0.2) is 12.3 Å². The van der Waals surface area contributed by atoms with Crippen molar-refractivity contribution in [2.45, 2.75) is 18.9 Å². The van der Waals surface area contributed by atoms with Crippen LogP contribution in [0.2, 0.25) is 0 Å². The number of nitrogens with one attached hydrogen (secondary N) is 1. The molecule has 1 aromatic rings. The van der Waals surface area contributed by atoms with Crippen LogP contribution in [-0.4, -0.2) is 30.5 Å². The third kappa shape index (κ3) is 2.91. The molecule has 2 heterocycles. The van der Waals surface area contributed by atoms with Crippen LogP contribution in [0.1, 0.15) is 23.2 Å². The molecule has 0 unspecified atom stereocenters. The van der Waals surface area contributed by atoms with Gasteiger partial charge < -0.3 is 10.1 Å². The second kappa shape index (κ2) is 5.58. The fourth-order valence-corrected chi connectivity index (χ4v) is 2.17. The summed E-state index contributed by atoms with van der Waals surface area (Å²) in [5, 5.41) is 3.39. The minimum absolute atomic E-state index is 0.394. The van der Waals surface area contributed by atoms with E-state index in [0.29, 0.717) is 11.6 Å². The summed E-state index contributed by atoms with van der Waals surface area (Å²) in [6.45, 7) is 1.58. The van der Waals surface area contributed by atoms with Gasteiger partial charge in [-0.1, -0.05) is 0 Å². The van der Waals surface area contributed by atoms with Gasteiger partial charge in [0, 0.05) is 31.1 Å². The molecule has 1 N–H and O–H groups in total. The van der Waals surface area contributed by atoms with Crippen molar-refractivity contribution in [1.29, 1.82) is 0 Å². The minimum atomic E-state index is 0.394. The molecule has 0 amide bonds. The fraction of sp³-hybridized carbons (Fsp3) is 0.455. The first-order chi connectivity index (χ1) is 7.79. The van der Waals surface area contributed by atoms with Crippen LogP contribution >= 0.6 is 22.6 Å². The van der Waals surface area contributed by atoms with Crippen LogP contribution in [0.25, 0.3) is 0 Å². The average molecular weight is 332 g/mol. The van der Waals surface area contributed by atoms with Gasteiger partial charge in [0.15, 0.2) is 6.29 Å². The predicted octanol–water partition coefficient (Wildman–Crippen LogP) is 2.09. The Morgan fingerprint density at radius 2 is 2.25 bits per heavy atom. The van der Waals surface area contributed by atoms with Crippen LogP contribution in [0.5, 0.6) is 0 Å². The molecular weight excluding hydrogens is 319 g/mol. The maximum absolute atomic E-state index is 10.9. The number of nitrogens with zero attached hydrogens (tertiary/aromatic N) is 1. The highest BCUT2D eigenvalue weighted by atomic mass is 127. The van der Waals surface area contributed by atoms with Gasteiger partial charge in [-0.05, 0) is 41.5 Å². The maximum atomic E-state index is 10.9. The SMILES string of the molecule is O=Cc1cnc(I)cc1NC1CCOCC1. The number of ether oxygens (including phenoxy) is 1. The molecule has 0 aromatic carbocycles. The zero-order valence-corrected chi connectivity index (χ0v) is 10.9. The Hall–Kier alpha value is -0.690. The van der Waals surface area contributed by atoms with Crippen molar-refractivity contribution >= 4 is 34.6 Å². The van der Waals surface area contributed by atoms with E-state index in [9.17, 15) is 4.79 Å². The summed E-state index contributed by atoms with van der Waals surface area (Å²) in [4.78, 5) is 15.0. The summed E-state index contributed by atoms with van der Waals surface area (Å²) in [5.74, 6) is 0. The molecule has 0 atom stereocenters. The van der Waals surface area contributed by atoms with Gasteiger partial charge in [-0.2, -0.15) is 0 Å². The van der Waals surface area contributed by atoms with Gasteiger partial charge in [0.05, 0.1) is 5.56 Å². The average Bonchev–Trinajstić information content (AvgIpc) is 2.31. The third-order valence-corrected chi connectivity index (χ3v) is 3.20. The van der Waals surface area contributed by atoms with Crippen LogP contribution in [0.3, 0.4) is 0 Å². The summed E-state index contributed by atoms with van der Waals surface area (Å²) < 4.78 is 6.18. The number of hydrogen-bond donors (Lipinski definition) is 1. The molecule has 16 heavy (non-hydrogen) atoms. The van der Waals surface area contributed by atoms with E-state index < -0.39 is 0 Å². The molecule has 4 nitrogen and oxygen atoms in total. The number of aldehydes is 1. The second-order valence-electron chi connectivity index (χ2n) is 3.74. The van der Waals surface area contributed by atoms with Gasteiger partial charge in [-0.3, -0.25) is 4.79 Å². The van der Waals surface area contributed by atoms with Crippen LogP contribution < -0.4 is 5.32 Å². The normalized spacial score (nSPS) is 17.1. The lowest BCUT2D eigenvalue weighted by atomic mass is 10.1. The van der Waals surface area contributed by atoms with Gasteiger partial charge in [0.2, 0.25) is 0 Å². The third-order valence-electron chi connectivity index (χ3n) is 2.61. The van der Waals surface area contributed by atoms with E-state index in [1.807, 2.05) is 6.07 Å². The van der Waals surface area contributed by atoms with Crippen molar-refractivity contribution in [3.8, 4) is 0 Å². The van der Waals surface area contributed by atoms with Crippen molar-refractivity contribution in [1.82, 2.24) is 4.98 Å². The molecule has 0 spiro atoms. The highest BCUT2D eigenvalue weighted by molar-refractivity contribution is 14.1. The molecular formula is C11H13IN2O2. The van der Waals surface area contributed by atoms with E-state index in [1.165, 1.54) is 0 Å². The molecule has 5 heteroatoms. The summed E-state index contributed by atoms with van der Waals surface area (Å²) >= 11 is 2.14. The zero-order valence-electron chi connectivity index (χ0n) is 8.78. The van der Waals surface area contributed by atoms with Gasteiger partial charge in [-0.15, -0.1) is 0 Å². The topological polar surface area (TPSA) is 51.2 Å². The van der Waals surface area contributed by atoms with Gasteiger partial charge in [-0.25, -0.2) is 4.98 Å². The molecule has 0 radical (unpaired) electrons. The van der Waals surface area contributed by atoms with Crippen LogP contribution in [-0.2, 0) is 4.74 Å². The van der Waals surface area contributed by atoms with Gasteiger partial charge in [0.1, 0.15) is 3.70 Å². The summed E-state index contributed by atoms with van der Waals surface area (Å²) in [5.41, 5.74) is 1.49. The molecule has 1 aliphatic rings. The molecule has 0 bridgehead atoms. The summed E-state index contributed by atoms with van der Waals surface area (Å²) in [6.07, 6.45) is 4.41. The first kappa shape index (κ1) is 11.8. The number of aromatic nitrogens is 1. The zero-order chi connectivity index (χ0) is 11.4. The lowest BCUT2D eigenvalue weighted by Gasteiger charge is -2.24. The number of carbonyl (C=O) groups excluding carboxylic acids is 1. The van der Waals surface area contributed by atoms with Gasteiger partial charge in [0.25, 0.3) is 0 Å². The highest BCUT2D eigenvalue weighted by Gasteiger charge is 2.15. The Labute approximate surface area is 108 Å². The number of anilines is 1. The molecule has 0 aliphatic carbocycles. The second-order valence-corrected chi connectivity index (χ2v) is 4.85. The quantitative estimate of drug-likeness (QED) is 0.523. The Kier molecular flexibility index (Phi) is 4.11. The largest absolute Gasteiger partial charge is 0.381 e. The van der Waals surface area contributed by atoms with E-state index in [4.69, 9.17) is 4.74 Å². The predicted molar refractivity (Wildman–Crippen MR) is 69.8 cm³/mol. The molecule has 0 saturated carbocycles. The van der Waals surface area contributed by atoms with E-state index in [1.54, 1.807) is 6.20 Å². The Morgan fingerprint density at radius 1 is 1.50 bits per heavy atom. The first-order valence-corrected chi connectivity index (χ1v) is 6.32. The van der Waals surface area contributed by atoms with Crippen molar-refractivity contribution in [2.75, 3.05) is 18.5 Å². The minimum Gasteiger partial charge on any atom is -0.381 e. The molecule has 1 aromatic heterocycles. The number of hydrogen-bond acceptors (Lipinski definition) is 4. The van der Waals surface area contributed by atoms with Crippen LogP contribution in [0.4, 0.5) is 5.69 Å². The number of pyridine rings is 1. The van der Waals surface area contributed by atoms with Crippen molar-refractivity contribution in [3.63, 3.8) is 0 Å².